The van der Waals surface area contributed by atoms with Crippen molar-refractivity contribution in [1.82, 2.24) is 10.3 Å². The van der Waals surface area contributed by atoms with Crippen molar-refractivity contribution in [2.24, 2.45) is 10.8 Å². The molecule has 7 nitrogen and oxygen atoms in total. The van der Waals surface area contributed by atoms with Gasteiger partial charge in [-0.15, -0.1) is 11.3 Å². The number of nitrogens with two attached hydrogens (primary N) is 1. The average molecular weight is 430 g/mol. The lowest BCUT2D eigenvalue weighted by atomic mass is 10.0. The molecular formula is C21H24FN5O2S. The van der Waals surface area contributed by atoms with E-state index in [0.717, 1.165) is 30.7 Å². The first kappa shape index (κ1) is 20.5. The molecule has 1 aliphatic heterocycles. The molecule has 1 atom stereocenters. The van der Waals surface area contributed by atoms with Crippen molar-refractivity contribution in [2.75, 3.05) is 11.6 Å². The van der Waals surface area contributed by atoms with Crippen molar-refractivity contribution in [3.8, 4) is 0 Å². The number of thiazole rings is 1. The summed E-state index contributed by atoms with van der Waals surface area (Å²) in [6, 6.07) is 4.79. The van der Waals surface area contributed by atoms with Crippen LogP contribution in [0.3, 0.4) is 0 Å². The summed E-state index contributed by atoms with van der Waals surface area (Å²) in [5, 5.41) is 9.66. The molecule has 0 fully saturated rings. The Kier molecular flexibility index (Phi) is 6.08. The van der Waals surface area contributed by atoms with Crippen LogP contribution < -0.4 is 16.1 Å². The molecule has 2 heterocycles. The first-order valence-corrected chi connectivity index (χ1v) is 11.0. The van der Waals surface area contributed by atoms with Crippen molar-refractivity contribution in [3.63, 3.8) is 0 Å². The molecule has 0 radical (unpaired) electrons. The Morgan fingerprint density at radius 1 is 1.23 bits per heavy atom. The predicted octanol–water partition coefficient (Wildman–Crippen LogP) is 2.33. The number of aromatic nitrogens is 1. The number of amides is 2. The van der Waals surface area contributed by atoms with Gasteiger partial charge in [0.15, 0.2) is 0 Å². The maximum absolute atomic E-state index is 13.2. The second-order valence-corrected chi connectivity index (χ2v) is 8.70. The van der Waals surface area contributed by atoms with E-state index in [1.807, 2.05) is 0 Å². The summed E-state index contributed by atoms with van der Waals surface area (Å²) in [5.74, 6) is -1.29. The maximum atomic E-state index is 13.2. The van der Waals surface area contributed by atoms with Crippen LogP contribution in [0.25, 0.3) is 0 Å². The number of rotatable bonds is 7. The zero-order chi connectivity index (χ0) is 21.1. The number of nitrogens with one attached hydrogen (secondary N) is 1. The van der Waals surface area contributed by atoms with Crippen molar-refractivity contribution in [2.45, 2.75) is 51.0 Å². The van der Waals surface area contributed by atoms with E-state index >= 15 is 0 Å². The van der Waals surface area contributed by atoms with Gasteiger partial charge in [0.05, 0.1) is 16.4 Å². The highest BCUT2D eigenvalue weighted by molar-refractivity contribution is 7.11. The highest BCUT2D eigenvalue weighted by Crippen LogP contribution is 2.27. The van der Waals surface area contributed by atoms with Crippen molar-refractivity contribution in [1.29, 1.82) is 0 Å². The number of aryl methyl sites for hydroxylation is 3. The molecule has 2 amide bonds. The molecule has 0 saturated heterocycles. The lowest BCUT2D eigenvalue weighted by Crippen LogP contribution is -2.40. The SMILES string of the molecule is NC(=O)C1CC(C(=O)NCCCc2nc3c(s2)CCCC3)=NN1c1ccc(F)cc1. The van der Waals surface area contributed by atoms with E-state index in [2.05, 4.69) is 10.4 Å². The van der Waals surface area contributed by atoms with Crippen molar-refractivity contribution in [3.05, 3.63) is 45.7 Å². The molecule has 9 heteroatoms. The lowest BCUT2D eigenvalue weighted by Gasteiger charge is -2.20. The van der Waals surface area contributed by atoms with Crippen LogP contribution >= 0.6 is 11.3 Å². The Hall–Kier alpha value is -2.81. The van der Waals surface area contributed by atoms with Crippen LogP contribution in [0.5, 0.6) is 0 Å². The third-order valence-electron chi connectivity index (χ3n) is 5.33. The minimum atomic E-state index is -0.766. The zero-order valence-electron chi connectivity index (χ0n) is 16.6. The van der Waals surface area contributed by atoms with E-state index < -0.39 is 17.8 Å². The van der Waals surface area contributed by atoms with Crippen LogP contribution in [0.4, 0.5) is 10.1 Å². The highest BCUT2D eigenvalue weighted by Gasteiger charge is 2.34. The van der Waals surface area contributed by atoms with Crippen LogP contribution in [0, 0.1) is 5.82 Å². The summed E-state index contributed by atoms with van der Waals surface area (Å²) in [5.41, 5.74) is 7.49. The second-order valence-electron chi connectivity index (χ2n) is 7.53. The number of halogens is 1. The van der Waals surface area contributed by atoms with Crippen LogP contribution in [-0.4, -0.2) is 35.1 Å². The molecule has 0 saturated carbocycles. The number of fused-ring (bicyclic) bond motifs is 1. The quantitative estimate of drug-likeness (QED) is 0.660. The van der Waals surface area contributed by atoms with Crippen LogP contribution in [0.2, 0.25) is 0 Å². The van der Waals surface area contributed by atoms with Crippen molar-refractivity contribution < 1.29 is 14.0 Å². The summed E-state index contributed by atoms with van der Waals surface area (Å²) in [6.45, 7) is 0.500. The van der Waals surface area contributed by atoms with E-state index in [0.29, 0.717) is 12.2 Å². The number of anilines is 1. The Labute approximate surface area is 178 Å². The molecule has 1 unspecified atom stereocenters. The summed E-state index contributed by atoms with van der Waals surface area (Å²) in [6.07, 6.45) is 6.41. The molecule has 4 rings (SSSR count). The van der Waals surface area contributed by atoms with Gasteiger partial charge in [-0.2, -0.15) is 5.10 Å². The van der Waals surface area contributed by atoms with Gasteiger partial charge in [0.25, 0.3) is 5.91 Å². The summed E-state index contributed by atoms with van der Waals surface area (Å²) < 4.78 is 13.2. The minimum absolute atomic E-state index is 0.123. The molecule has 1 aromatic carbocycles. The number of nitrogens with zero attached hydrogens (tertiary/aromatic N) is 3. The Balaban J connectivity index is 1.32. The van der Waals surface area contributed by atoms with Crippen LogP contribution in [0.15, 0.2) is 29.4 Å². The number of hydrazone groups is 1. The fraction of sp³-hybridized carbons (Fsp3) is 0.429. The van der Waals surface area contributed by atoms with E-state index in [1.54, 1.807) is 11.3 Å². The fourth-order valence-corrected chi connectivity index (χ4v) is 4.96. The van der Waals surface area contributed by atoms with Gasteiger partial charge in [-0.1, -0.05) is 0 Å². The Morgan fingerprint density at radius 3 is 2.73 bits per heavy atom. The van der Waals surface area contributed by atoms with E-state index in [9.17, 15) is 14.0 Å². The largest absolute Gasteiger partial charge is 0.368 e. The van der Waals surface area contributed by atoms with Gasteiger partial charge in [-0.3, -0.25) is 14.6 Å². The molecule has 158 valence electrons. The molecular weight excluding hydrogens is 405 g/mol. The normalized spacial score (nSPS) is 18.1. The second kappa shape index (κ2) is 8.91. The first-order valence-electron chi connectivity index (χ1n) is 10.2. The van der Waals surface area contributed by atoms with Gasteiger partial charge in [-0.05, 0) is 56.4 Å². The first-order chi connectivity index (χ1) is 14.5. The molecule has 0 spiro atoms. The maximum Gasteiger partial charge on any atom is 0.267 e. The molecule has 1 aromatic heterocycles. The number of primary amides is 1. The third-order valence-corrected chi connectivity index (χ3v) is 6.55. The van der Waals surface area contributed by atoms with Gasteiger partial charge in [-0.25, -0.2) is 9.37 Å². The zero-order valence-corrected chi connectivity index (χ0v) is 17.4. The smallest absolute Gasteiger partial charge is 0.267 e. The standard InChI is InChI=1S/C21H24FN5O2S/c22-13-7-9-14(10-8-13)27-17(20(23)28)12-16(26-27)21(29)24-11-3-6-19-25-15-4-1-2-5-18(15)30-19/h7-10,17H,1-6,11-12H2,(H2,23,28)(H,24,29). The van der Waals surface area contributed by atoms with Gasteiger partial charge in [0.1, 0.15) is 17.6 Å². The number of hydrogen-bond donors (Lipinski definition) is 2. The van der Waals surface area contributed by atoms with Crippen molar-refractivity contribution >= 4 is 34.6 Å². The summed E-state index contributed by atoms with van der Waals surface area (Å²) in [4.78, 5) is 30.5. The highest BCUT2D eigenvalue weighted by atomic mass is 32.1. The van der Waals surface area contributed by atoms with Crippen LogP contribution in [-0.2, 0) is 28.9 Å². The predicted molar refractivity (Wildman–Crippen MR) is 114 cm³/mol. The molecule has 30 heavy (non-hydrogen) atoms. The third kappa shape index (κ3) is 4.51. The van der Waals surface area contributed by atoms with Gasteiger partial charge in [0, 0.05) is 24.3 Å². The van der Waals surface area contributed by atoms with Crippen LogP contribution in [0.1, 0.15) is 41.3 Å². The monoisotopic (exact) mass is 429 g/mol. The summed E-state index contributed by atoms with van der Waals surface area (Å²) in [7, 11) is 0. The molecule has 2 aromatic rings. The van der Waals surface area contributed by atoms with E-state index in [4.69, 9.17) is 10.7 Å². The molecule has 0 bridgehead atoms. The minimum Gasteiger partial charge on any atom is -0.368 e. The molecule has 1 aliphatic carbocycles. The van der Waals surface area contributed by atoms with Gasteiger partial charge < -0.3 is 11.1 Å². The Bertz CT molecular complexity index is 949. The number of benzene rings is 1. The number of carbonyl (C=O) groups excluding carboxylic acids is 2. The summed E-state index contributed by atoms with van der Waals surface area (Å²) >= 11 is 1.79. The van der Waals surface area contributed by atoms with Gasteiger partial charge in [0.2, 0.25) is 5.91 Å². The number of carbonyl (C=O) groups is 2. The number of hydrogen-bond acceptors (Lipinski definition) is 6. The molecule has 3 N–H and O–H groups in total. The van der Waals surface area contributed by atoms with E-state index in [-0.39, 0.29) is 18.0 Å². The lowest BCUT2D eigenvalue weighted by molar-refractivity contribution is -0.119. The van der Waals surface area contributed by atoms with E-state index in [1.165, 1.54) is 52.7 Å². The fourth-order valence-electron chi connectivity index (χ4n) is 3.76. The average Bonchev–Trinajstić information content (AvgIpc) is 3.36. The Morgan fingerprint density at radius 2 is 2.00 bits per heavy atom. The topological polar surface area (TPSA) is 101 Å². The molecule has 2 aliphatic rings. The van der Waals surface area contributed by atoms with Gasteiger partial charge >= 0.3 is 0 Å².